The number of benzene rings is 1. The van der Waals surface area contributed by atoms with Crippen LogP contribution in [0.5, 0.6) is 11.5 Å². The SMILES string of the molecule is CCC(CC)CNC(=NC)NCC(c1ccc(OC)c(OC)c1)N(C)C.I. The van der Waals surface area contributed by atoms with Crippen molar-refractivity contribution in [3.8, 4) is 11.5 Å². The van der Waals surface area contributed by atoms with Crippen LogP contribution in [0, 0.1) is 5.92 Å². The van der Waals surface area contributed by atoms with Crippen LogP contribution >= 0.6 is 24.0 Å². The van der Waals surface area contributed by atoms with E-state index < -0.39 is 0 Å². The van der Waals surface area contributed by atoms with Gasteiger partial charge >= 0.3 is 0 Å². The van der Waals surface area contributed by atoms with Gasteiger partial charge in [-0.3, -0.25) is 4.99 Å². The summed E-state index contributed by atoms with van der Waals surface area (Å²) in [7, 11) is 9.27. The number of aliphatic imine (C=N–C) groups is 1. The first-order valence-electron chi connectivity index (χ1n) is 9.33. The Morgan fingerprint density at radius 3 is 2.11 bits per heavy atom. The van der Waals surface area contributed by atoms with Crippen LogP contribution in [-0.4, -0.2) is 59.3 Å². The van der Waals surface area contributed by atoms with Gasteiger partial charge in [-0.2, -0.15) is 0 Å². The highest BCUT2D eigenvalue weighted by atomic mass is 127. The average Bonchev–Trinajstić information content (AvgIpc) is 2.66. The van der Waals surface area contributed by atoms with Crippen molar-refractivity contribution < 1.29 is 9.47 Å². The lowest BCUT2D eigenvalue weighted by molar-refractivity contribution is 0.295. The minimum atomic E-state index is 0. The Bertz CT molecular complexity index is 563. The number of methoxy groups -OCH3 is 2. The predicted molar refractivity (Wildman–Crippen MR) is 125 cm³/mol. The van der Waals surface area contributed by atoms with Gasteiger partial charge in [-0.15, -0.1) is 24.0 Å². The topological polar surface area (TPSA) is 58.1 Å². The molecule has 1 unspecified atom stereocenters. The van der Waals surface area contributed by atoms with Crippen LogP contribution in [0.1, 0.15) is 38.3 Å². The molecule has 0 heterocycles. The zero-order chi connectivity index (χ0) is 19.5. The summed E-state index contributed by atoms with van der Waals surface area (Å²) in [5.41, 5.74) is 1.16. The lowest BCUT2D eigenvalue weighted by Crippen LogP contribution is -2.43. The Balaban J connectivity index is 0.00000676. The highest BCUT2D eigenvalue weighted by Crippen LogP contribution is 2.31. The smallest absolute Gasteiger partial charge is 0.191 e. The van der Waals surface area contributed by atoms with Crippen molar-refractivity contribution in [2.45, 2.75) is 32.7 Å². The Labute approximate surface area is 182 Å². The highest BCUT2D eigenvalue weighted by molar-refractivity contribution is 14.0. The number of halogens is 1. The van der Waals surface area contributed by atoms with Crippen LogP contribution in [0.2, 0.25) is 0 Å². The maximum atomic E-state index is 5.44. The van der Waals surface area contributed by atoms with Crippen molar-refractivity contribution in [3.63, 3.8) is 0 Å². The summed E-state index contributed by atoms with van der Waals surface area (Å²) < 4.78 is 10.8. The van der Waals surface area contributed by atoms with E-state index in [1.165, 1.54) is 12.8 Å². The molecule has 1 aromatic carbocycles. The van der Waals surface area contributed by atoms with Crippen molar-refractivity contribution >= 4 is 29.9 Å². The second-order valence-corrected chi connectivity index (χ2v) is 6.61. The third kappa shape index (κ3) is 8.13. The van der Waals surface area contributed by atoms with Crippen molar-refractivity contribution in [3.05, 3.63) is 23.8 Å². The fourth-order valence-corrected chi connectivity index (χ4v) is 2.89. The quantitative estimate of drug-likeness (QED) is 0.298. The van der Waals surface area contributed by atoms with Gasteiger partial charge in [0.2, 0.25) is 0 Å². The summed E-state index contributed by atoms with van der Waals surface area (Å²) in [6.45, 7) is 6.14. The molecule has 0 amide bonds. The molecule has 0 saturated heterocycles. The predicted octanol–water partition coefficient (Wildman–Crippen LogP) is 3.53. The number of hydrogen-bond donors (Lipinski definition) is 2. The largest absolute Gasteiger partial charge is 0.493 e. The Morgan fingerprint density at radius 1 is 1.04 bits per heavy atom. The van der Waals surface area contributed by atoms with Crippen molar-refractivity contribution in [2.24, 2.45) is 10.9 Å². The molecule has 0 aromatic heterocycles. The Kier molecular flexibility index (Phi) is 13.2. The van der Waals surface area contributed by atoms with Gasteiger partial charge in [-0.25, -0.2) is 0 Å². The number of ether oxygens (including phenoxy) is 2. The third-order valence-corrected chi connectivity index (χ3v) is 4.82. The van der Waals surface area contributed by atoms with Crippen LogP contribution in [0.4, 0.5) is 0 Å². The number of likely N-dealkylation sites (N-methyl/N-ethyl adjacent to an activating group) is 1. The minimum absolute atomic E-state index is 0. The number of rotatable bonds is 10. The van der Waals surface area contributed by atoms with Gasteiger partial charge in [0.05, 0.1) is 20.3 Å². The van der Waals surface area contributed by atoms with Crippen LogP contribution < -0.4 is 20.1 Å². The first-order chi connectivity index (χ1) is 12.5. The molecule has 7 heteroatoms. The van der Waals surface area contributed by atoms with Gasteiger partial charge in [0.15, 0.2) is 17.5 Å². The van der Waals surface area contributed by atoms with Gasteiger partial charge in [0, 0.05) is 20.1 Å². The second-order valence-electron chi connectivity index (χ2n) is 6.61. The molecule has 0 fully saturated rings. The van der Waals surface area contributed by atoms with E-state index in [0.29, 0.717) is 5.92 Å². The molecule has 0 aliphatic carbocycles. The van der Waals surface area contributed by atoms with Gasteiger partial charge in [0.1, 0.15) is 0 Å². The molecular weight excluding hydrogens is 455 g/mol. The lowest BCUT2D eigenvalue weighted by atomic mass is 10.0. The molecule has 0 bridgehead atoms. The monoisotopic (exact) mass is 492 g/mol. The van der Waals surface area contributed by atoms with Crippen molar-refractivity contribution in [1.82, 2.24) is 15.5 Å². The fraction of sp³-hybridized carbons (Fsp3) is 0.650. The number of nitrogens with zero attached hydrogens (tertiary/aromatic N) is 2. The van der Waals surface area contributed by atoms with E-state index in [0.717, 1.165) is 36.1 Å². The van der Waals surface area contributed by atoms with Crippen molar-refractivity contribution in [1.29, 1.82) is 0 Å². The molecule has 6 nitrogen and oxygen atoms in total. The summed E-state index contributed by atoms with van der Waals surface area (Å²) in [5, 5.41) is 6.88. The average molecular weight is 492 g/mol. The second kappa shape index (κ2) is 13.9. The molecule has 27 heavy (non-hydrogen) atoms. The first kappa shape index (κ1) is 25.8. The van der Waals surface area contributed by atoms with Crippen LogP contribution in [0.3, 0.4) is 0 Å². The number of hydrogen-bond acceptors (Lipinski definition) is 4. The zero-order valence-corrected chi connectivity index (χ0v) is 20.2. The van der Waals surface area contributed by atoms with E-state index in [-0.39, 0.29) is 30.0 Å². The minimum Gasteiger partial charge on any atom is -0.493 e. The standard InChI is InChI=1S/C20H36N4O2.HI/c1-8-15(9-2)13-22-20(21-3)23-14-17(24(4)5)16-10-11-18(25-6)19(12-16)26-7;/h10-12,15,17H,8-9,13-14H2,1-7H3,(H2,21,22,23);1H. The molecule has 0 spiro atoms. The van der Waals surface area contributed by atoms with Gasteiger partial charge in [-0.05, 0) is 37.7 Å². The third-order valence-electron chi connectivity index (χ3n) is 4.82. The molecule has 0 radical (unpaired) electrons. The molecule has 1 aromatic rings. The summed E-state index contributed by atoms with van der Waals surface area (Å²) in [4.78, 5) is 6.53. The summed E-state index contributed by atoms with van der Waals surface area (Å²) in [6, 6.07) is 6.24. The normalized spacial score (nSPS) is 12.6. The highest BCUT2D eigenvalue weighted by Gasteiger charge is 2.17. The van der Waals surface area contributed by atoms with E-state index in [1.54, 1.807) is 14.2 Å². The lowest BCUT2D eigenvalue weighted by Gasteiger charge is -2.27. The van der Waals surface area contributed by atoms with E-state index in [4.69, 9.17) is 9.47 Å². The molecule has 0 aliphatic heterocycles. The molecule has 0 saturated carbocycles. The molecule has 0 aliphatic rings. The molecular formula is C20H37IN4O2. The van der Waals surface area contributed by atoms with Gasteiger partial charge in [-0.1, -0.05) is 32.8 Å². The van der Waals surface area contributed by atoms with E-state index in [2.05, 4.69) is 54.5 Å². The summed E-state index contributed by atoms with van der Waals surface area (Å²) >= 11 is 0. The van der Waals surface area contributed by atoms with Crippen LogP contribution in [0.25, 0.3) is 0 Å². The van der Waals surface area contributed by atoms with Crippen molar-refractivity contribution in [2.75, 3.05) is 48.5 Å². The van der Waals surface area contributed by atoms with Crippen LogP contribution in [-0.2, 0) is 0 Å². The first-order valence-corrected chi connectivity index (χ1v) is 9.33. The maximum absolute atomic E-state index is 5.44. The van der Waals surface area contributed by atoms with Gasteiger partial charge in [0.25, 0.3) is 0 Å². The van der Waals surface area contributed by atoms with Gasteiger partial charge < -0.3 is 25.0 Å². The molecule has 1 atom stereocenters. The van der Waals surface area contributed by atoms with E-state index in [1.807, 2.05) is 19.2 Å². The van der Waals surface area contributed by atoms with E-state index in [9.17, 15) is 0 Å². The summed E-state index contributed by atoms with van der Waals surface area (Å²) in [5.74, 6) is 2.99. The maximum Gasteiger partial charge on any atom is 0.191 e. The summed E-state index contributed by atoms with van der Waals surface area (Å²) in [6.07, 6.45) is 2.35. The zero-order valence-electron chi connectivity index (χ0n) is 17.8. The van der Waals surface area contributed by atoms with Crippen LogP contribution in [0.15, 0.2) is 23.2 Å². The number of guanidine groups is 1. The van der Waals surface area contributed by atoms with E-state index >= 15 is 0 Å². The molecule has 156 valence electrons. The Morgan fingerprint density at radius 2 is 1.63 bits per heavy atom. The fourth-order valence-electron chi connectivity index (χ4n) is 2.89. The molecule has 2 N–H and O–H groups in total. The molecule has 1 rings (SSSR count). The number of nitrogens with one attached hydrogen (secondary N) is 2. The Hall–Kier alpha value is -1.22.